The minimum atomic E-state index is -1.16. The van der Waals surface area contributed by atoms with Crippen LogP contribution in [0.4, 0.5) is 0 Å². The van der Waals surface area contributed by atoms with Gasteiger partial charge in [0, 0.05) is 34.8 Å². The van der Waals surface area contributed by atoms with Gasteiger partial charge in [0.05, 0.1) is 11.2 Å². The maximum Gasteiger partial charge on any atom is 0.255 e. The van der Waals surface area contributed by atoms with E-state index < -0.39 is 11.0 Å². The summed E-state index contributed by atoms with van der Waals surface area (Å²) in [5.74, 6) is -0.544. The number of carbonyl (C=O) groups is 2. The predicted molar refractivity (Wildman–Crippen MR) is 145 cm³/mol. The highest BCUT2D eigenvalue weighted by Gasteiger charge is 2.57. The molecule has 2 aromatic rings. The van der Waals surface area contributed by atoms with Gasteiger partial charge in [0.1, 0.15) is 11.5 Å². The largest absolute Gasteiger partial charge is 0.507 e. The van der Waals surface area contributed by atoms with Gasteiger partial charge in [-0.05, 0) is 61.4 Å². The van der Waals surface area contributed by atoms with Crippen LogP contribution in [0.2, 0.25) is 0 Å². The average molecular weight is 547 g/mol. The van der Waals surface area contributed by atoms with E-state index in [1.807, 2.05) is 65.8 Å². The number of ketones is 1. The van der Waals surface area contributed by atoms with Crippen molar-refractivity contribution >= 4 is 27.6 Å². The van der Waals surface area contributed by atoms with Gasteiger partial charge in [0.15, 0.2) is 0 Å². The summed E-state index contributed by atoms with van der Waals surface area (Å²) in [6.45, 7) is 12.1. The highest BCUT2D eigenvalue weighted by Crippen LogP contribution is 2.54. The van der Waals surface area contributed by atoms with Crippen molar-refractivity contribution in [2.24, 2.45) is 5.92 Å². The van der Waals surface area contributed by atoms with E-state index >= 15 is 0 Å². The molecule has 1 aliphatic rings. The Morgan fingerprint density at radius 2 is 1.77 bits per heavy atom. The minimum Gasteiger partial charge on any atom is -0.507 e. The maximum absolute atomic E-state index is 13.0. The Bertz CT molecular complexity index is 1030. The molecule has 2 atom stereocenters. The fraction of sp³-hybridized carbons (Fsp3) is 0.517. The summed E-state index contributed by atoms with van der Waals surface area (Å²) >= 11 is 3.41. The molecule has 2 aromatic carbocycles. The molecule has 0 aliphatic heterocycles. The number of phenolic OH excluding ortho intramolecular Hbond substituents is 1. The van der Waals surface area contributed by atoms with E-state index in [2.05, 4.69) is 21.2 Å². The lowest BCUT2D eigenvalue weighted by atomic mass is 9.53. The van der Waals surface area contributed by atoms with Crippen LogP contribution >= 0.6 is 15.9 Å². The maximum atomic E-state index is 13.0. The second kappa shape index (κ2) is 12.2. The lowest BCUT2D eigenvalue weighted by Crippen LogP contribution is -2.59. The topological polar surface area (TPSA) is 86.6 Å². The van der Waals surface area contributed by atoms with Crippen molar-refractivity contribution in [2.75, 3.05) is 6.54 Å². The summed E-state index contributed by atoms with van der Waals surface area (Å²) in [6.07, 6.45) is 1.98. The number of phenols is 1. The summed E-state index contributed by atoms with van der Waals surface area (Å²) in [7, 11) is 0. The first-order valence-electron chi connectivity index (χ1n) is 12.7. The molecule has 35 heavy (non-hydrogen) atoms. The number of aliphatic hydroxyl groups is 1. The van der Waals surface area contributed by atoms with Gasteiger partial charge in [-0.2, -0.15) is 0 Å². The molecule has 0 bridgehead atoms. The molecule has 0 heterocycles. The molecule has 192 valence electrons. The fourth-order valence-corrected chi connectivity index (χ4v) is 5.71. The number of nitrogens with one attached hydrogen (secondary N) is 1. The van der Waals surface area contributed by atoms with Crippen LogP contribution in [0.1, 0.15) is 87.4 Å². The molecule has 1 unspecified atom stereocenters. The first-order chi connectivity index (χ1) is 16.6. The summed E-state index contributed by atoms with van der Waals surface area (Å²) in [6, 6.07) is 11.3. The zero-order valence-electron chi connectivity index (χ0n) is 21.9. The fourth-order valence-electron chi connectivity index (χ4n) is 5.45. The number of halogens is 1. The lowest BCUT2D eigenvalue weighted by Gasteiger charge is -2.53. The molecule has 1 saturated carbocycles. The Labute approximate surface area is 218 Å². The Kier molecular flexibility index (Phi) is 10.1. The van der Waals surface area contributed by atoms with Crippen LogP contribution in [0.3, 0.4) is 0 Å². The Hall–Kier alpha value is -2.18. The van der Waals surface area contributed by atoms with Gasteiger partial charge >= 0.3 is 0 Å². The van der Waals surface area contributed by atoms with Crippen molar-refractivity contribution in [1.29, 1.82) is 0 Å². The Morgan fingerprint density at radius 1 is 1.14 bits per heavy atom. The second-order valence-electron chi connectivity index (χ2n) is 9.52. The number of Topliss-reactive ketones (excluding diaryl/α,β-unsaturated/α-hetero) is 1. The van der Waals surface area contributed by atoms with E-state index in [9.17, 15) is 19.8 Å². The highest BCUT2D eigenvalue weighted by atomic mass is 79.9. The molecule has 6 heteroatoms. The van der Waals surface area contributed by atoms with Crippen molar-refractivity contribution in [3.63, 3.8) is 0 Å². The Balaban J connectivity index is 0.00000210. The van der Waals surface area contributed by atoms with Crippen molar-refractivity contribution in [3.05, 3.63) is 63.1 Å². The number of benzene rings is 2. The zero-order chi connectivity index (χ0) is 26.4. The molecule has 0 saturated heterocycles. The molecule has 3 rings (SSSR count). The number of carbonyl (C=O) groups excluding carboxylic acids is 2. The van der Waals surface area contributed by atoms with E-state index in [-0.39, 0.29) is 35.3 Å². The van der Waals surface area contributed by atoms with E-state index in [0.717, 1.165) is 15.6 Å². The molecular weight excluding hydrogens is 506 g/mol. The van der Waals surface area contributed by atoms with Gasteiger partial charge in [0.2, 0.25) is 0 Å². The number of hydrogen-bond acceptors (Lipinski definition) is 4. The molecule has 5 nitrogen and oxygen atoms in total. The molecule has 1 amide bonds. The van der Waals surface area contributed by atoms with Crippen LogP contribution in [0.15, 0.2) is 40.9 Å². The van der Waals surface area contributed by atoms with Crippen molar-refractivity contribution < 1.29 is 19.8 Å². The zero-order valence-corrected chi connectivity index (χ0v) is 23.5. The summed E-state index contributed by atoms with van der Waals surface area (Å²) in [5.41, 5.74) is 0.458. The van der Waals surface area contributed by atoms with Gasteiger partial charge in [-0.1, -0.05) is 68.7 Å². The summed E-state index contributed by atoms with van der Waals surface area (Å²) in [5, 5.41) is 26.1. The molecule has 0 radical (unpaired) electrons. The normalized spacial score (nSPS) is 21.9. The monoisotopic (exact) mass is 545 g/mol. The van der Waals surface area contributed by atoms with E-state index in [4.69, 9.17) is 0 Å². The Morgan fingerprint density at radius 3 is 2.34 bits per heavy atom. The number of aromatic hydroxyl groups is 1. The van der Waals surface area contributed by atoms with Gasteiger partial charge in [0.25, 0.3) is 5.91 Å². The third-order valence-corrected chi connectivity index (χ3v) is 7.92. The number of aryl methyl sites for hydroxylation is 1. The minimum absolute atomic E-state index is 0.0744. The number of amides is 1. The van der Waals surface area contributed by atoms with Crippen LogP contribution in [0, 0.1) is 12.8 Å². The van der Waals surface area contributed by atoms with Crippen LogP contribution in [-0.2, 0) is 16.6 Å². The third kappa shape index (κ3) is 5.80. The van der Waals surface area contributed by atoms with Crippen molar-refractivity contribution in [1.82, 2.24) is 5.32 Å². The van der Waals surface area contributed by atoms with Gasteiger partial charge < -0.3 is 15.5 Å². The molecule has 3 N–H and O–H groups in total. The van der Waals surface area contributed by atoms with E-state index in [0.29, 0.717) is 37.8 Å². The first-order valence-corrected chi connectivity index (χ1v) is 13.4. The van der Waals surface area contributed by atoms with Crippen LogP contribution < -0.4 is 5.32 Å². The lowest BCUT2D eigenvalue weighted by molar-refractivity contribution is -0.143. The predicted octanol–water partition coefficient (Wildman–Crippen LogP) is 6.25. The SMILES string of the molecule is CC.CCC1(c2c(C)ccc(C(=O)NCCc3ccc(Br)cc3)c2O)CC(=O)CC[C@@]1(O)C(C)C. The molecule has 0 spiro atoms. The van der Waals surface area contributed by atoms with E-state index in [1.165, 1.54) is 0 Å². The molecular formula is C29H40BrNO4. The summed E-state index contributed by atoms with van der Waals surface area (Å²) in [4.78, 5) is 25.6. The van der Waals surface area contributed by atoms with Crippen molar-refractivity contribution in [3.8, 4) is 5.75 Å². The standard InChI is InChI=1S/C27H34BrNO4.C2H6/c1-5-26(16-21(30)12-14-27(26,33)17(2)3)23-18(4)6-11-22(24(23)31)25(32)29-15-13-19-7-9-20(28)10-8-19;1-2/h6-11,17,31,33H,5,12-16H2,1-4H3,(H,29,32);1-2H3/t26?,27-;/m1./s1. The van der Waals surface area contributed by atoms with Crippen LogP contribution in [0.5, 0.6) is 5.75 Å². The van der Waals surface area contributed by atoms with Crippen LogP contribution in [-0.4, -0.2) is 34.0 Å². The third-order valence-electron chi connectivity index (χ3n) is 7.39. The van der Waals surface area contributed by atoms with Crippen LogP contribution in [0.25, 0.3) is 0 Å². The van der Waals surface area contributed by atoms with Crippen molar-refractivity contribution in [2.45, 2.75) is 84.7 Å². The molecule has 0 aromatic heterocycles. The molecule has 1 aliphatic carbocycles. The molecule has 1 fully saturated rings. The summed E-state index contributed by atoms with van der Waals surface area (Å²) < 4.78 is 1.000. The number of hydrogen-bond donors (Lipinski definition) is 3. The van der Waals surface area contributed by atoms with Gasteiger partial charge in [-0.15, -0.1) is 0 Å². The second-order valence-corrected chi connectivity index (χ2v) is 10.4. The number of rotatable bonds is 7. The first kappa shape index (κ1) is 29.1. The quantitative estimate of drug-likeness (QED) is 0.383. The van der Waals surface area contributed by atoms with E-state index in [1.54, 1.807) is 12.1 Å². The highest BCUT2D eigenvalue weighted by molar-refractivity contribution is 9.10. The van der Waals surface area contributed by atoms with Gasteiger partial charge in [-0.25, -0.2) is 0 Å². The average Bonchev–Trinajstić information content (AvgIpc) is 2.83. The smallest absolute Gasteiger partial charge is 0.255 e. The van der Waals surface area contributed by atoms with Gasteiger partial charge in [-0.3, -0.25) is 9.59 Å².